The zero-order chi connectivity index (χ0) is 7.28. The summed E-state index contributed by atoms with van der Waals surface area (Å²) in [5.41, 5.74) is 4.29. The fourth-order valence-electron chi connectivity index (χ4n) is 0.278. The zero-order valence-corrected chi connectivity index (χ0v) is 7.79. The maximum atomic E-state index is 10.4. The van der Waals surface area contributed by atoms with Crippen LogP contribution in [0.15, 0.2) is 10.9 Å². The minimum atomic E-state index is -0.778. The van der Waals surface area contributed by atoms with Crippen LogP contribution < -0.4 is 0 Å². The van der Waals surface area contributed by atoms with Crippen LogP contribution in [0.25, 0.3) is 0 Å². The molecule has 0 aromatic carbocycles. The molecule has 0 unspecified atom stereocenters. The van der Waals surface area contributed by atoms with Crippen LogP contribution in [-0.4, -0.2) is 27.7 Å². The molecule has 0 radical (unpaired) electrons. The Hall–Kier alpha value is -0.232. The first-order valence-electron chi connectivity index (χ1n) is 2.59. The molecule has 0 heterocycles. The Labute approximate surface area is 60.2 Å². The van der Waals surface area contributed by atoms with E-state index in [1.807, 2.05) is 4.86 Å². The van der Waals surface area contributed by atoms with Crippen molar-refractivity contribution in [1.82, 2.24) is 0 Å². The van der Waals surface area contributed by atoms with Crippen molar-refractivity contribution in [3.8, 4) is 0 Å². The third-order valence-corrected chi connectivity index (χ3v) is 2.27. The first-order valence-corrected chi connectivity index (χ1v) is 7.43. The molecule has 0 saturated heterocycles. The van der Waals surface area contributed by atoms with Crippen molar-refractivity contribution in [2.45, 2.75) is 11.4 Å². The second kappa shape index (κ2) is 4.63. The second-order valence-corrected chi connectivity index (χ2v) is 6.47. The molecule has 0 aliphatic carbocycles. The van der Waals surface area contributed by atoms with Crippen molar-refractivity contribution in [2.24, 2.45) is 0 Å². The van der Waals surface area contributed by atoms with Crippen LogP contribution in [0.5, 0.6) is 0 Å². The third kappa shape index (κ3) is 5.64. The van der Waals surface area contributed by atoms with Crippen molar-refractivity contribution in [1.29, 1.82) is 0 Å². The van der Waals surface area contributed by atoms with Crippen molar-refractivity contribution >= 4 is 20.6 Å². The van der Waals surface area contributed by atoms with E-state index in [-0.39, 0.29) is 5.97 Å². The average molecular weight is 190 g/mol. The summed E-state index contributed by atoms with van der Waals surface area (Å²) in [6.45, 7) is 0. The Morgan fingerprint density at radius 1 is 1.56 bits per heavy atom. The number of carbonyl (C=O) groups is 1. The summed E-state index contributed by atoms with van der Waals surface area (Å²) in [7, 11) is 1.38. The van der Waals surface area contributed by atoms with Gasteiger partial charge in [0.15, 0.2) is 0 Å². The normalized spacial score (nSPS) is 10.7. The van der Waals surface area contributed by atoms with E-state index < -0.39 is 14.7 Å². The van der Waals surface area contributed by atoms with Gasteiger partial charge in [-0.15, -0.1) is 0 Å². The Morgan fingerprint density at radius 3 is 2.44 bits per heavy atom. The predicted octanol–water partition coefficient (Wildman–Crippen LogP) is 1.01. The molecule has 0 bridgehead atoms. The van der Waals surface area contributed by atoms with Gasteiger partial charge in [-0.3, -0.25) is 0 Å². The number of hydrogen-bond acceptors (Lipinski definition) is 2. The van der Waals surface area contributed by atoms with Gasteiger partial charge in [0.05, 0.1) is 0 Å². The van der Waals surface area contributed by atoms with Crippen LogP contribution in [0.3, 0.4) is 0 Å². The standard InChI is InChI=1S/C6H11AsO2/c1-7(2)5-4-6(8)9-3/h4-5H,1-3H3. The van der Waals surface area contributed by atoms with Gasteiger partial charge in [-0.2, -0.15) is 0 Å². The number of esters is 1. The van der Waals surface area contributed by atoms with Crippen molar-refractivity contribution in [3.63, 3.8) is 0 Å². The van der Waals surface area contributed by atoms with Crippen molar-refractivity contribution in [2.75, 3.05) is 7.11 Å². The van der Waals surface area contributed by atoms with Crippen LogP contribution in [0, 0.1) is 0 Å². The molecule has 2 nitrogen and oxygen atoms in total. The van der Waals surface area contributed by atoms with Crippen LogP contribution in [0.2, 0.25) is 11.4 Å². The van der Waals surface area contributed by atoms with Gasteiger partial charge >= 0.3 is 59.6 Å². The molecule has 0 aliphatic rings. The van der Waals surface area contributed by atoms with Crippen molar-refractivity contribution in [3.05, 3.63) is 10.9 Å². The molecular formula is C6H11AsO2. The van der Waals surface area contributed by atoms with Gasteiger partial charge in [0, 0.05) is 0 Å². The van der Waals surface area contributed by atoms with E-state index in [1.165, 1.54) is 13.2 Å². The van der Waals surface area contributed by atoms with E-state index in [0.29, 0.717) is 0 Å². The fraction of sp³-hybridized carbons (Fsp3) is 0.500. The summed E-state index contributed by atoms with van der Waals surface area (Å²) in [4.78, 5) is 12.4. The van der Waals surface area contributed by atoms with Crippen LogP contribution in [0.4, 0.5) is 0 Å². The fourth-order valence-corrected chi connectivity index (χ4v) is 1.16. The summed E-state index contributed by atoms with van der Waals surface area (Å²) < 4.78 is 4.40. The van der Waals surface area contributed by atoms with Gasteiger partial charge in [-0.25, -0.2) is 0 Å². The molecule has 0 amide bonds. The Bertz CT molecular complexity index is 118. The van der Waals surface area contributed by atoms with Gasteiger partial charge < -0.3 is 0 Å². The van der Waals surface area contributed by atoms with E-state index in [0.717, 1.165) is 0 Å². The molecule has 9 heavy (non-hydrogen) atoms. The molecule has 0 fully saturated rings. The molecule has 0 saturated carbocycles. The number of hydrogen-bond donors (Lipinski definition) is 0. The van der Waals surface area contributed by atoms with Crippen LogP contribution >= 0.6 is 0 Å². The van der Waals surface area contributed by atoms with E-state index >= 15 is 0 Å². The van der Waals surface area contributed by atoms with E-state index in [9.17, 15) is 4.79 Å². The van der Waals surface area contributed by atoms with Crippen LogP contribution in [-0.2, 0) is 9.53 Å². The van der Waals surface area contributed by atoms with Gasteiger partial charge in [-0.05, 0) is 0 Å². The topological polar surface area (TPSA) is 26.3 Å². The summed E-state index contributed by atoms with van der Waals surface area (Å²) >= 11 is -0.778. The number of ether oxygens (including phenoxy) is 1. The molecular weight excluding hydrogens is 179 g/mol. The predicted molar refractivity (Wildman–Crippen MR) is 38.6 cm³/mol. The first-order chi connectivity index (χ1) is 4.16. The Balaban J connectivity index is 3.57. The third-order valence-electron chi connectivity index (χ3n) is 0.710. The molecule has 52 valence electrons. The first kappa shape index (κ1) is 8.77. The maximum absolute atomic E-state index is 10.4. The molecule has 0 spiro atoms. The summed E-state index contributed by atoms with van der Waals surface area (Å²) in [6.07, 6.45) is 1.50. The molecule has 0 atom stereocenters. The molecule has 0 rings (SSSR count). The summed E-state index contributed by atoms with van der Waals surface area (Å²) in [6, 6.07) is 0. The Kier molecular flexibility index (Phi) is 4.51. The number of methoxy groups -OCH3 is 1. The van der Waals surface area contributed by atoms with Gasteiger partial charge in [0.2, 0.25) is 0 Å². The number of carbonyl (C=O) groups excluding carboxylic acids is 1. The molecule has 0 N–H and O–H groups in total. The SMILES string of the molecule is COC(=O)C=C[As](C)C. The zero-order valence-electron chi connectivity index (χ0n) is 5.92. The minimum absolute atomic E-state index is 0.252. The quantitative estimate of drug-likeness (QED) is 0.369. The second-order valence-electron chi connectivity index (χ2n) is 1.80. The molecule has 3 heteroatoms. The summed E-state index contributed by atoms with van der Waals surface area (Å²) in [5.74, 6) is -0.252. The summed E-state index contributed by atoms with van der Waals surface area (Å²) in [5, 5.41) is 0. The average Bonchev–Trinajstić information content (AvgIpc) is 1.83. The van der Waals surface area contributed by atoms with Gasteiger partial charge in [0.25, 0.3) is 0 Å². The Morgan fingerprint density at radius 2 is 2.11 bits per heavy atom. The van der Waals surface area contributed by atoms with E-state index in [2.05, 4.69) is 16.2 Å². The van der Waals surface area contributed by atoms with Crippen LogP contribution in [0.1, 0.15) is 0 Å². The monoisotopic (exact) mass is 190 g/mol. The molecule has 0 aromatic rings. The van der Waals surface area contributed by atoms with Gasteiger partial charge in [0.1, 0.15) is 0 Å². The molecule has 0 aliphatic heterocycles. The van der Waals surface area contributed by atoms with E-state index in [1.54, 1.807) is 0 Å². The van der Waals surface area contributed by atoms with Crippen molar-refractivity contribution < 1.29 is 9.53 Å². The van der Waals surface area contributed by atoms with E-state index in [4.69, 9.17) is 0 Å². The van der Waals surface area contributed by atoms with Gasteiger partial charge in [-0.1, -0.05) is 0 Å². The molecule has 0 aromatic heterocycles. The number of rotatable bonds is 2.